The highest BCUT2D eigenvalue weighted by Crippen LogP contribution is 2.37. The summed E-state index contributed by atoms with van der Waals surface area (Å²) in [5.74, 6) is -4.91. The third-order valence-corrected chi connectivity index (χ3v) is 7.59. The Morgan fingerprint density at radius 2 is 1.83 bits per heavy atom. The highest BCUT2D eigenvalue weighted by molar-refractivity contribution is 5.89. The van der Waals surface area contributed by atoms with Gasteiger partial charge in [0.2, 0.25) is 6.29 Å². The molecular weight excluding hydrogens is 546 g/mol. The van der Waals surface area contributed by atoms with Crippen LogP contribution in [-0.4, -0.2) is 124 Å². The van der Waals surface area contributed by atoms with Gasteiger partial charge in [-0.25, -0.2) is 4.79 Å². The Morgan fingerprint density at radius 1 is 1.10 bits per heavy atom. The van der Waals surface area contributed by atoms with Crippen molar-refractivity contribution in [3.63, 3.8) is 0 Å². The van der Waals surface area contributed by atoms with E-state index >= 15 is 0 Å². The molecule has 6 N–H and O–H groups in total. The van der Waals surface area contributed by atoms with Gasteiger partial charge in [0.25, 0.3) is 0 Å². The second kappa shape index (κ2) is 14.9. The number of nitrogens with zero attached hydrogens (tertiary/aromatic N) is 1. The van der Waals surface area contributed by atoms with E-state index < -0.39 is 79.3 Å². The Bertz CT molecular complexity index is 998. The molecule has 3 heterocycles. The molecule has 0 saturated carbocycles. The molecule has 3 rings (SSSR count). The summed E-state index contributed by atoms with van der Waals surface area (Å²) in [6, 6.07) is 0. The number of aliphatic carboxylic acids is 2. The number of ether oxygens (including phenoxy) is 4. The van der Waals surface area contributed by atoms with Crippen molar-refractivity contribution >= 4 is 17.9 Å². The van der Waals surface area contributed by atoms with E-state index in [0.717, 1.165) is 6.26 Å². The minimum Gasteiger partial charge on any atom is -0.481 e. The fraction of sp³-hybridized carbons (Fsp3) is 0.667. The van der Waals surface area contributed by atoms with Crippen LogP contribution in [0, 0.1) is 23.7 Å². The number of carbonyl (C=O) groups is 3. The molecule has 0 aliphatic carbocycles. The van der Waals surface area contributed by atoms with Crippen LogP contribution in [0.4, 0.5) is 0 Å². The van der Waals surface area contributed by atoms with Crippen LogP contribution < -0.4 is 0 Å². The Balaban J connectivity index is 1.81. The van der Waals surface area contributed by atoms with Gasteiger partial charge >= 0.3 is 17.9 Å². The van der Waals surface area contributed by atoms with Crippen LogP contribution in [0.3, 0.4) is 0 Å². The molecule has 0 aromatic rings. The molecule has 10 atom stereocenters. The molecule has 14 heteroatoms. The monoisotopic (exact) mass is 585 g/mol. The fourth-order valence-corrected chi connectivity index (χ4v) is 5.38. The number of carboxylic acids is 2. The van der Waals surface area contributed by atoms with Crippen molar-refractivity contribution in [2.45, 2.75) is 56.3 Å². The smallest absolute Gasteiger partial charge is 0.337 e. The predicted molar refractivity (Wildman–Crippen MR) is 139 cm³/mol. The summed E-state index contributed by atoms with van der Waals surface area (Å²) >= 11 is 0. The van der Waals surface area contributed by atoms with Crippen LogP contribution >= 0.6 is 0 Å². The Kier molecular flexibility index (Phi) is 11.8. The van der Waals surface area contributed by atoms with Crippen LogP contribution in [0.15, 0.2) is 36.6 Å². The number of piperidine rings is 1. The van der Waals surface area contributed by atoms with Gasteiger partial charge in [0.05, 0.1) is 37.4 Å². The number of carbonyl (C=O) groups excluding carboxylic acids is 1. The van der Waals surface area contributed by atoms with Crippen molar-refractivity contribution < 1.29 is 64.0 Å². The molecule has 0 spiro atoms. The van der Waals surface area contributed by atoms with Gasteiger partial charge in [0.15, 0.2) is 6.29 Å². The van der Waals surface area contributed by atoms with E-state index in [0.29, 0.717) is 32.5 Å². The van der Waals surface area contributed by atoms with Crippen LogP contribution in [0.25, 0.3) is 0 Å². The minimum atomic E-state index is -1.68. The summed E-state index contributed by atoms with van der Waals surface area (Å²) in [6.07, 6.45) is -1.97. The molecule has 0 aromatic carbocycles. The normalized spacial score (nSPS) is 36.3. The van der Waals surface area contributed by atoms with Gasteiger partial charge in [0.1, 0.15) is 24.4 Å². The van der Waals surface area contributed by atoms with Crippen LogP contribution in [0.2, 0.25) is 0 Å². The number of likely N-dealkylation sites (tertiary alicyclic amines) is 1. The Hall–Kier alpha value is -2.85. The van der Waals surface area contributed by atoms with Crippen LogP contribution in [-0.2, 0) is 33.3 Å². The molecule has 0 aromatic heterocycles. The molecule has 41 heavy (non-hydrogen) atoms. The number of allylic oxidation sites excluding steroid dienone is 1. The first-order valence-electron chi connectivity index (χ1n) is 13.4. The van der Waals surface area contributed by atoms with Crippen molar-refractivity contribution in [2.75, 3.05) is 33.4 Å². The summed E-state index contributed by atoms with van der Waals surface area (Å²) in [5.41, 5.74) is 0.131. The lowest BCUT2D eigenvalue weighted by molar-refractivity contribution is -0.338. The summed E-state index contributed by atoms with van der Waals surface area (Å²) < 4.78 is 21.8. The molecular formula is C27H39NO13. The average Bonchev–Trinajstić information content (AvgIpc) is 2.95. The zero-order valence-electron chi connectivity index (χ0n) is 22.7. The third kappa shape index (κ3) is 8.13. The minimum absolute atomic E-state index is 0.0268. The maximum Gasteiger partial charge on any atom is 0.337 e. The van der Waals surface area contributed by atoms with E-state index in [-0.39, 0.29) is 17.9 Å². The molecule has 0 bridgehead atoms. The molecule has 3 aliphatic rings. The van der Waals surface area contributed by atoms with E-state index in [4.69, 9.17) is 24.1 Å². The second-order valence-electron chi connectivity index (χ2n) is 10.4. The van der Waals surface area contributed by atoms with Crippen molar-refractivity contribution in [3.8, 4) is 0 Å². The maximum absolute atomic E-state index is 12.6. The Labute approximate surface area is 237 Å². The number of rotatable bonds is 12. The standard InChI is InChI=1S/C27H39NO13/c1-3-16-17(7-6-14-9-15(24(35)36)11-28(10-14)8-4-5-20(30)31)18(25(37)38-2)13-39-26(16)41-27-23(34)22(33)21(32)19(12-29)40-27/h3,6-7,13-17,19,21-23,26-27,29,32-34H,1,4-5,8-12H2,2H3,(H,30,31)(H,35,36)/t14?,15?,16-,17+,19-,21-,22+,23-,26+,27-/m1/s1. The van der Waals surface area contributed by atoms with E-state index in [1.54, 1.807) is 12.2 Å². The Morgan fingerprint density at radius 3 is 2.44 bits per heavy atom. The lowest BCUT2D eigenvalue weighted by Gasteiger charge is -2.42. The molecule has 2 unspecified atom stereocenters. The highest BCUT2D eigenvalue weighted by Gasteiger charge is 2.47. The lowest BCUT2D eigenvalue weighted by atomic mass is 9.81. The zero-order chi connectivity index (χ0) is 30.3. The lowest BCUT2D eigenvalue weighted by Crippen LogP contribution is -2.60. The van der Waals surface area contributed by atoms with Gasteiger partial charge in [-0.2, -0.15) is 0 Å². The number of hydrogen-bond donors (Lipinski definition) is 6. The molecule has 0 amide bonds. The highest BCUT2D eigenvalue weighted by atomic mass is 16.8. The number of hydrogen-bond acceptors (Lipinski definition) is 12. The number of aliphatic hydroxyl groups is 4. The first-order chi connectivity index (χ1) is 19.5. The first-order valence-corrected chi connectivity index (χ1v) is 13.4. The quantitative estimate of drug-likeness (QED) is 0.121. The summed E-state index contributed by atoms with van der Waals surface area (Å²) in [4.78, 5) is 37.2. The van der Waals surface area contributed by atoms with Gasteiger partial charge < -0.3 is 54.5 Å². The molecule has 3 aliphatic heterocycles. The van der Waals surface area contributed by atoms with E-state index in [1.165, 1.54) is 13.2 Å². The molecule has 230 valence electrons. The topological polar surface area (TPSA) is 213 Å². The van der Waals surface area contributed by atoms with Gasteiger partial charge in [0, 0.05) is 25.4 Å². The van der Waals surface area contributed by atoms with Gasteiger partial charge in [-0.05, 0) is 25.3 Å². The van der Waals surface area contributed by atoms with Crippen molar-refractivity contribution in [3.05, 3.63) is 36.6 Å². The van der Waals surface area contributed by atoms with Crippen molar-refractivity contribution in [1.82, 2.24) is 4.90 Å². The zero-order valence-corrected chi connectivity index (χ0v) is 22.7. The second-order valence-corrected chi connectivity index (χ2v) is 10.4. The first kappa shape index (κ1) is 32.7. The average molecular weight is 586 g/mol. The number of carboxylic acid groups (broad SMARTS) is 2. The SMILES string of the molecule is C=C[C@H]1[C@H](O[C@H]2O[C@H](CO)[C@@H](O)[C@H](O)[C@H]2O)OC=C(C(=O)OC)[C@H]1C=CC1CC(C(=O)O)CN(CCCC(=O)O)C1. The van der Waals surface area contributed by atoms with Gasteiger partial charge in [-0.1, -0.05) is 18.2 Å². The van der Waals surface area contributed by atoms with E-state index in [9.17, 15) is 39.9 Å². The molecule has 2 saturated heterocycles. The molecule has 2 fully saturated rings. The number of methoxy groups -OCH3 is 1. The fourth-order valence-electron chi connectivity index (χ4n) is 5.38. The summed E-state index contributed by atoms with van der Waals surface area (Å²) in [6.45, 7) is 4.39. The molecule has 0 radical (unpaired) electrons. The largest absolute Gasteiger partial charge is 0.481 e. The number of esters is 1. The van der Waals surface area contributed by atoms with Gasteiger partial charge in [-0.3, -0.25) is 9.59 Å². The van der Waals surface area contributed by atoms with Gasteiger partial charge in [-0.15, -0.1) is 6.58 Å². The van der Waals surface area contributed by atoms with Crippen LogP contribution in [0.5, 0.6) is 0 Å². The third-order valence-electron chi connectivity index (χ3n) is 7.59. The number of aliphatic hydroxyl groups excluding tert-OH is 4. The molecule has 14 nitrogen and oxygen atoms in total. The van der Waals surface area contributed by atoms with Crippen molar-refractivity contribution in [1.29, 1.82) is 0 Å². The summed E-state index contributed by atoms with van der Waals surface area (Å²) in [7, 11) is 1.21. The maximum atomic E-state index is 12.6. The van der Waals surface area contributed by atoms with Crippen LogP contribution in [0.1, 0.15) is 19.3 Å². The predicted octanol–water partition coefficient (Wildman–Crippen LogP) is -0.922. The van der Waals surface area contributed by atoms with Crippen molar-refractivity contribution in [2.24, 2.45) is 23.7 Å². The van der Waals surface area contributed by atoms with E-state index in [1.807, 2.05) is 4.90 Å². The van der Waals surface area contributed by atoms with E-state index in [2.05, 4.69) is 6.58 Å². The summed E-state index contributed by atoms with van der Waals surface area (Å²) in [5, 5.41) is 58.7.